The van der Waals surface area contributed by atoms with Gasteiger partial charge in [-0.15, -0.1) is 0 Å². The van der Waals surface area contributed by atoms with Gasteiger partial charge in [-0.3, -0.25) is 9.78 Å². The molecule has 3 aromatic heterocycles. The normalized spacial score (nSPS) is 13.3. The maximum atomic E-state index is 13.7. The van der Waals surface area contributed by atoms with Crippen molar-refractivity contribution in [2.45, 2.75) is 13.0 Å². The summed E-state index contributed by atoms with van der Waals surface area (Å²) in [7, 11) is 0. The third-order valence-electron chi connectivity index (χ3n) is 6.07. The fourth-order valence-electron chi connectivity index (χ4n) is 4.47. The Bertz CT molecular complexity index is 1420. The summed E-state index contributed by atoms with van der Waals surface area (Å²) in [5, 5.41) is 5.96. The molecule has 156 valence electrons. The third-order valence-corrected chi connectivity index (χ3v) is 6.07. The second kappa shape index (κ2) is 7.50. The fourth-order valence-corrected chi connectivity index (χ4v) is 4.47. The highest BCUT2D eigenvalue weighted by Gasteiger charge is 2.28. The van der Waals surface area contributed by atoms with Crippen LogP contribution in [0.1, 0.15) is 21.6 Å². The van der Waals surface area contributed by atoms with Gasteiger partial charge in [0.15, 0.2) is 0 Å². The van der Waals surface area contributed by atoms with E-state index in [9.17, 15) is 4.79 Å². The number of nitrogens with one attached hydrogen (secondary N) is 1. The summed E-state index contributed by atoms with van der Waals surface area (Å²) in [5.41, 5.74) is 6.53. The van der Waals surface area contributed by atoms with Gasteiger partial charge in [-0.1, -0.05) is 36.4 Å². The van der Waals surface area contributed by atoms with E-state index in [2.05, 4.69) is 22.1 Å². The molecule has 1 N–H and O–H groups in total. The smallest absolute Gasteiger partial charge is 0.258 e. The zero-order valence-electron chi connectivity index (χ0n) is 17.4. The molecule has 0 radical (unpaired) electrons. The van der Waals surface area contributed by atoms with Crippen molar-refractivity contribution in [2.24, 2.45) is 0 Å². The zero-order chi connectivity index (χ0) is 21.5. The van der Waals surface area contributed by atoms with Crippen molar-refractivity contribution >= 4 is 16.8 Å². The SMILES string of the molecule is O=C(c1cn(-c2ccccc2)nc1-c1cccnc1)N1CCc2[nH]c3ccccc3c2C1. The van der Waals surface area contributed by atoms with E-state index in [1.165, 1.54) is 16.6 Å². The quantitative estimate of drug-likeness (QED) is 0.464. The van der Waals surface area contributed by atoms with Crippen LogP contribution in [-0.2, 0) is 13.0 Å². The van der Waals surface area contributed by atoms with E-state index in [-0.39, 0.29) is 5.91 Å². The highest BCUT2D eigenvalue weighted by Crippen LogP contribution is 2.30. The van der Waals surface area contributed by atoms with Crippen molar-refractivity contribution < 1.29 is 4.79 Å². The number of aromatic amines is 1. The monoisotopic (exact) mass is 419 g/mol. The first-order valence-corrected chi connectivity index (χ1v) is 10.7. The number of para-hydroxylation sites is 2. The third kappa shape index (κ3) is 3.08. The average Bonchev–Trinajstić information content (AvgIpc) is 3.46. The van der Waals surface area contributed by atoms with Gasteiger partial charge in [0.05, 0.1) is 11.3 Å². The van der Waals surface area contributed by atoms with E-state index in [0.717, 1.165) is 23.2 Å². The molecule has 0 saturated heterocycles. The van der Waals surface area contributed by atoms with Gasteiger partial charge in [-0.2, -0.15) is 5.10 Å². The lowest BCUT2D eigenvalue weighted by molar-refractivity contribution is 0.0736. The van der Waals surface area contributed by atoms with E-state index >= 15 is 0 Å². The Balaban J connectivity index is 1.41. The predicted molar refractivity (Wildman–Crippen MR) is 124 cm³/mol. The van der Waals surface area contributed by atoms with E-state index in [1.54, 1.807) is 17.1 Å². The largest absolute Gasteiger partial charge is 0.358 e. The topological polar surface area (TPSA) is 66.8 Å². The zero-order valence-corrected chi connectivity index (χ0v) is 17.4. The molecule has 0 bridgehead atoms. The highest BCUT2D eigenvalue weighted by atomic mass is 16.2. The standard InChI is InChI=1S/C26H21N5O/c32-26(30-14-12-24-21(16-30)20-10-4-5-11-23(20)28-24)22-17-31(19-8-2-1-3-9-19)29-25(22)18-7-6-13-27-15-18/h1-11,13,15,17,28H,12,14,16H2. The summed E-state index contributed by atoms with van der Waals surface area (Å²) in [4.78, 5) is 23.4. The lowest BCUT2D eigenvalue weighted by Gasteiger charge is -2.27. The molecule has 1 amide bonds. The Morgan fingerprint density at radius 3 is 2.66 bits per heavy atom. The summed E-state index contributed by atoms with van der Waals surface area (Å²) in [6, 6.07) is 21.9. The second-order valence-corrected chi connectivity index (χ2v) is 8.02. The van der Waals surface area contributed by atoms with Crippen LogP contribution in [0.4, 0.5) is 0 Å². The molecule has 6 rings (SSSR count). The molecule has 0 saturated carbocycles. The predicted octanol–water partition coefficient (Wildman–Crippen LogP) is 4.61. The molecule has 1 aliphatic rings. The fraction of sp³-hybridized carbons (Fsp3) is 0.115. The number of H-pyrrole nitrogens is 1. The van der Waals surface area contributed by atoms with Gasteiger partial charge in [-0.25, -0.2) is 4.68 Å². The number of carbonyl (C=O) groups is 1. The molecule has 1 aliphatic heterocycles. The minimum atomic E-state index is -0.0121. The number of fused-ring (bicyclic) bond motifs is 3. The van der Waals surface area contributed by atoms with E-state index in [4.69, 9.17) is 5.10 Å². The van der Waals surface area contributed by atoms with Crippen LogP contribution in [0.15, 0.2) is 85.3 Å². The van der Waals surface area contributed by atoms with Gasteiger partial charge < -0.3 is 9.88 Å². The summed E-state index contributed by atoms with van der Waals surface area (Å²) in [6.07, 6.45) is 6.13. The van der Waals surface area contributed by atoms with Crippen LogP contribution < -0.4 is 0 Å². The number of aromatic nitrogens is 4. The molecule has 0 aliphatic carbocycles. The van der Waals surface area contributed by atoms with Crippen molar-refractivity contribution in [2.75, 3.05) is 6.54 Å². The van der Waals surface area contributed by atoms with Crippen molar-refractivity contribution in [1.82, 2.24) is 24.6 Å². The number of rotatable bonds is 3. The molecule has 6 heteroatoms. The van der Waals surface area contributed by atoms with Crippen molar-refractivity contribution in [3.05, 3.63) is 102 Å². The van der Waals surface area contributed by atoms with Gasteiger partial charge in [0.1, 0.15) is 5.69 Å². The lowest BCUT2D eigenvalue weighted by atomic mass is 10.0. The van der Waals surface area contributed by atoms with Gasteiger partial charge >= 0.3 is 0 Å². The summed E-state index contributed by atoms with van der Waals surface area (Å²) < 4.78 is 1.77. The van der Waals surface area contributed by atoms with E-state index < -0.39 is 0 Å². The first-order valence-electron chi connectivity index (χ1n) is 10.7. The van der Waals surface area contributed by atoms with Crippen molar-refractivity contribution in [3.63, 3.8) is 0 Å². The van der Waals surface area contributed by atoms with Crippen LogP contribution in [0.25, 0.3) is 27.8 Å². The van der Waals surface area contributed by atoms with E-state index in [0.29, 0.717) is 24.3 Å². The number of amides is 1. The summed E-state index contributed by atoms with van der Waals surface area (Å²) in [5.74, 6) is -0.0121. The molecule has 0 fully saturated rings. The molecular formula is C26H21N5O. The molecule has 5 aromatic rings. The van der Waals surface area contributed by atoms with Crippen LogP contribution in [0.5, 0.6) is 0 Å². The average molecular weight is 419 g/mol. The van der Waals surface area contributed by atoms with Crippen LogP contribution in [0.2, 0.25) is 0 Å². The highest BCUT2D eigenvalue weighted by molar-refractivity contribution is 6.00. The van der Waals surface area contributed by atoms with Crippen molar-refractivity contribution in [3.8, 4) is 16.9 Å². The molecule has 0 unspecified atom stereocenters. The Labute approximate surface area is 185 Å². The number of benzene rings is 2. The van der Waals surface area contributed by atoms with Crippen molar-refractivity contribution in [1.29, 1.82) is 0 Å². The van der Waals surface area contributed by atoms with Crippen LogP contribution >= 0.6 is 0 Å². The summed E-state index contributed by atoms with van der Waals surface area (Å²) in [6.45, 7) is 1.25. The first-order chi connectivity index (χ1) is 15.8. The van der Waals surface area contributed by atoms with Gasteiger partial charge in [-0.05, 0) is 30.3 Å². The molecule has 4 heterocycles. The minimum Gasteiger partial charge on any atom is -0.358 e. The molecule has 6 nitrogen and oxygen atoms in total. The maximum absolute atomic E-state index is 13.7. The number of pyridine rings is 1. The van der Waals surface area contributed by atoms with Crippen LogP contribution in [0.3, 0.4) is 0 Å². The second-order valence-electron chi connectivity index (χ2n) is 8.02. The minimum absolute atomic E-state index is 0.0121. The molecule has 0 spiro atoms. The lowest BCUT2D eigenvalue weighted by Crippen LogP contribution is -2.35. The number of nitrogens with zero attached hydrogens (tertiary/aromatic N) is 4. The van der Waals surface area contributed by atoms with Gasteiger partial charge in [0.2, 0.25) is 0 Å². The number of carbonyl (C=O) groups excluding carboxylic acids is 1. The Kier molecular flexibility index (Phi) is 4.35. The van der Waals surface area contributed by atoms with Gasteiger partial charge in [0, 0.05) is 65.8 Å². The van der Waals surface area contributed by atoms with E-state index in [1.807, 2.05) is 65.7 Å². The van der Waals surface area contributed by atoms with Crippen LogP contribution in [0, 0.1) is 0 Å². The molecule has 2 aromatic carbocycles. The first kappa shape index (κ1) is 18.6. The molecule has 32 heavy (non-hydrogen) atoms. The Morgan fingerprint density at radius 1 is 0.969 bits per heavy atom. The molecule has 0 atom stereocenters. The number of hydrogen-bond donors (Lipinski definition) is 1. The van der Waals surface area contributed by atoms with Crippen LogP contribution in [-0.4, -0.2) is 37.1 Å². The maximum Gasteiger partial charge on any atom is 0.258 e. The number of hydrogen-bond acceptors (Lipinski definition) is 3. The summed E-state index contributed by atoms with van der Waals surface area (Å²) >= 11 is 0. The Hall–Kier alpha value is -4.19. The van der Waals surface area contributed by atoms with Gasteiger partial charge in [0.25, 0.3) is 5.91 Å². The Morgan fingerprint density at radius 2 is 1.81 bits per heavy atom. The molecular weight excluding hydrogens is 398 g/mol.